The average Bonchev–Trinajstić information content (AvgIpc) is 3.54. The van der Waals surface area contributed by atoms with Gasteiger partial charge in [-0.05, 0) is 37.0 Å². The molecule has 0 unspecified atom stereocenters. The molecule has 1 aliphatic heterocycles. The first-order chi connectivity index (χ1) is 18.0. The standard InChI is InChI=1S/C26H28BrN9S/c1-16-9-11-35(13-21(16)34(3)24-19-8-10-28-23(19)29-15-30-24)22-12-17(2)31-25-32-26(33-36(22)25)37-14-18-6-4-5-7-20(18)27/h4-8,10,12,15-16,21H,9,11,13-14H2,1-3H3,(H,28,29,30)/t16-,21+/m1/s1. The first-order valence-electron chi connectivity index (χ1n) is 12.3. The molecule has 2 atom stereocenters. The van der Waals surface area contributed by atoms with E-state index in [1.165, 1.54) is 5.56 Å². The molecule has 11 heteroatoms. The molecule has 1 fully saturated rings. The van der Waals surface area contributed by atoms with Crippen LogP contribution in [-0.2, 0) is 5.75 Å². The number of benzene rings is 1. The molecular formula is C26H28BrN9S. The Morgan fingerprint density at radius 3 is 2.92 bits per heavy atom. The number of nitrogens with one attached hydrogen (secondary N) is 1. The summed E-state index contributed by atoms with van der Waals surface area (Å²) >= 11 is 5.26. The van der Waals surface area contributed by atoms with Crippen LogP contribution in [-0.4, -0.2) is 60.7 Å². The molecule has 1 aliphatic rings. The zero-order chi connectivity index (χ0) is 25.5. The summed E-state index contributed by atoms with van der Waals surface area (Å²) in [4.78, 5) is 26.3. The fourth-order valence-corrected chi connectivity index (χ4v) is 6.48. The predicted octanol–water partition coefficient (Wildman–Crippen LogP) is 5.11. The first kappa shape index (κ1) is 24.2. The number of nitrogens with zero attached hydrogens (tertiary/aromatic N) is 8. The van der Waals surface area contributed by atoms with Gasteiger partial charge in [-0.2, -0.15) is 9.50 Å². The number of hydrogen-bond donors (Lipinski definition) is 1. The van der Waals surface area contributed by atoms with E-state index in [0.29, 0.717) is 11.7 Å². The predicted molar refractivity (Wildman–Crippen MR) is 151 cm³/mol. The Kier molecular flexibility index (Phi) is 6.49. The van der Waals surface area contributed by atoms with E-state index in [4.69, 9.17) is 10.1 Å². The number of rotatable bonds is 6. The third-order valence-electron chi connectivity index (χ3n) is 7.12. The third-order valence-corrected chi connectivity index (χ3v) is 8.78. The van der Waals surface area contributed by atoms with Crippen molar-refractivity contribution >= 4 is 56.1 Å². The van der Waals surface area contributed by atoms with Crippen molar-refractivity contribution in [3.05, 3.63) is 64.7 Å². The second-order valence-electron chi connectivity index (χ2n) is 9.57. The van der Waals surface area contributed by atoms with Gasteiger partial charge in [-0.15, -0.1) is 5.10 Å². The minimum atomic E-state index is 0.276. The summed E-state index contributed by atoms with van der Waals surface area (Å²) in [5.41, 5.74) is 3.01. The zero-order valence-corrected chi connectivity index (χ0v) is 23.4. The normalized spacial score (nSPS) is 18.1. The number of aromatic amines is 1. The molecule has 0 saturated carbocycles. The molecule has 1 aromatic carbocycles. The van der Waals surface area contributed by atoms with Crippen LogP contribution < -0.4 is 9.80 Å². The van der Waals surface area contributed by atoms with Gasteiger partial charge in [0.1, 0.15) is 23.6 Å². The SMILES string of the molecule is Cc1cc(N2CC[C@@H](C)[C@@H](N(C)c3ncnc4[nH]ccc34)C2)n2nc(SCc3ccccc3Br)nc2n1. The Morgan fingerprint density at radius 2 is 2.05 bits per heavy atom. The highest BCUT2D eigenvalue weighted by Gasteiger charge is 2.32. The maximum absolute atomic E-state index is 4.87. The number of piperidine rings is 1. The van der Waals surface area contributed by atoms with Crippen LogP contribution in [0.5, 0.6) is 0 Å². The van der Waals surface area contributed by atoms with Crippen molar-refractivity contribution in [2.45, 2.75) is 37.2 Å². The van der Waals surface area contributed by atoms with Gasteiger partial charge < -0.3 is 14.8 Å². The van der Waals surface area contributed by atoms with E-state index in [2.05, 4.69) is 77.8 Å². The van der Waals surface area contributed by atoms with Crippen molar-refractivity contribution in [1.29, 1.82) is 0 Å². The Balaban J connectivity index is 1.28. The van der Waals surface area contributed by atoms with Crippen molar-refractivity contribution in [3.63, 3.8) is 0 Å². The van der Waals surface area contributed by atoms with E-state index < -0.39 is 0 Å². The average molecular weight is 579 g/mol. The Morgan fingerprint density at radius 1 is 1.19 bits per heavy atom. The Bertz CT molecular complexity index is 1560. The molecule has 0 spiro atoms. The van der Waals surface area contributed by atoms with Crippen LogP contribution in [0.1, 0.15) is 24.6 Å². The quantitative estimate of drug-likeness (QED) is 0.278. The molecule has 1 saturated heterocycles. The van der Waals surface area contributed by atoms with Gasteiger partial charge in [0, 0.05) is 48.3 Å². The van der Waals surface area contributed by atoms with Gasteiger partial charge in [-0.25, -0.2) is 15.0 Å². The number of likely N-dealkylation sites (N-methyl/N-ethyl adjacent to an activating group) is 1. The minimum Gasteiger partial charge on any atom is -0.354 e. The second kappa shape index (κ2) is 9.94. The summed E-state index contributed by atoms with van der Waals surface area (Å²) in [6, 6.07) is 12.7. The number of hydrogen-bond acceptors (Lipinski definition) is 8. The smallest absolute Gasteiger partial charge is 0.255 e. The van der Waals surface area contributed by atoms with Crippen molar-refractivity contribution in [3.8, 4) is 0 Å². The summed E-state index contributed by atoms with van der Waals surface area (Å²) in [6.07, 6.45) is 4.62. The monoisotopic (exact) mass is 577 g/mol. The summed E-state index contributed by atoms with van der Waals surface area (Å²) in [6.45, 7) is 6.15. The molecule has 0 amide bonds. The zero-order valence-electron chi connectivity index (χ0n) is 21.0. The number of H-pyrrole nitrogens is 1. The molecule has 9 nitrogen and oxygen atoms in total. The molecule has 0 radical (unpaired) electrons. The van der Waals surface area contributed by atoms with Crippen molar-refractivity contribution in [1.82, 2.24) is 34.5 Å². The largest absolute Gasteiger partial charge is 0.354 e. The topological polar surface area (TPSA) is 91.1 Å². The molecule has 6 rings (SSSR count). The van der Waals surface area contributed by atoms with E-state index in [9.17, 15) is 0 Å². The summed E-state index contributed by atoms with van der Waals surface area (Å²) < 4.78 is 3.00. The lowest BCUT2D eigenvalue weighted by Gasteiger charge is -2.43. The molecule has 0 aliphatic carbocycles. The van der Waals surface area contributed by atoms with Gasteiger partial charge in [0.15, 0.2) is 0 Å². The van der Waals surface area contributed by atoms with Gasteiger partial charge in [-0.1, -0.05) is 52.8 Å². The van der Waals surface area contributed by atoms with E-state index in [-0.39, 0.29) is 6.04 Å². The minimum absolute atomic E-state index is 0.276. The first-order valence-corrected chi connectivity index (χ1v) is 14.1. The Labute approximate surface area is 227 Å². The van der Waals surface area contributed by atoms with Gasteiger partial charge in [0.05, 0.1) is 11.4 Å². The van der Waals surface area contributed by atoms with Gasteiger partial charge in [0.25, 0.3) is 5.78 Å². The van der Waals surface area contributed by atoms with E-state index in [1.54, 1.807) is 18.1 Å². The van der Waals surface area contributed by atoms with Gasteiger partial charge in [-0.3, -0.25) is 0 Å². The lowest BCUT2D eigenvalue weighted by molar-refractivity contribution is 0.365. The lowest BCUT2D eigenvalue weighted by Crippen LogP contribution is -2.51. The number of anilines is 2. The number of thioether (sulfide) groups is 1. The van der Waals surface area contributed by atoms with Crippen LogP contribution in [0.15, 0.2) is 58.6 Å². The Hall–Kier alpha value is -3.18. The molecule has 1 N–H and O–H groups in total. The van der Waals surface area contributed by atoms with Crippen LogP contribution in [0.4, 0.5) is 11.6 Å². The highest BCUT2D eigenvalue weighted by Crippen LogP contribution is 2.32. The number of aromatic nitrogens is 7. The molecular weight excluding hydrogens is 550 g/mol. The number of aryl methyl sites for hydroxylation is 1. The molecule has 5 aromatic rings. The molecule has 0 bridgehead atoms. The molecule has 190 valence electrons. The molecule has 4 aromatic heterocycles. The number of fused-ring (bicyclic) bond motifs is 2. The van der Waals surface area contributed by atoms with Gasteiger partial charge >= 0.3 is 0 Å². The summed E-state index contributed by atoms with van der Waals surface area (Å²) in [5, 5.41) is 6.63. The van der Waals surface area contributed by atoms with Crippen LogP contribution in [0, 0.1) is 12.8 Å². The van der Waals surface area contributed by atoms with Crippen molar-refractivity contribution < 1.29 is 0 Å². The maximum Gasteiger partial charge on any atom is 0.255 e. The van der Waals surface area contributed by atoms with Crippen LogP contribution in [0.3, 0.4) is 0 Å². The fraction of sp³-hybridized carbons (Fsp3) is 0.346. The molecule has 37 heavy (non-hydrogen) atoms. The van der Waals surface area contributed by atoms with E-state index in [0.717, 1.165) is 63.3 Å². The summed E-state index contributed by atoms with van der Waals surface area (Å²) in [7, 11) is 2.14. The van der Waals surface area contributed by atoms with Crippen LogP contribution >= 0.6 is 27.7 Å². The molecule has 5 heterocycles. The highest BCUT2D eigenvalue weighted by atomic mass is 79.9. The third kappa shape index (κ3) is 4.66. The van der Waals surface area contributed by atoms with Crippen LogP contribution in [0.2, 0.25) is 0 Å². The highest BCUT2D eigenvalue weighted by molar-refractivity contribution is 9.10. The van der Waals surface area contributed by atoms with E-state index >= 15 is 0 Å². The van der Waals surface area contributed by atoms with E-state index in [1.807, 2.05) is 35.8 Å². The fourth-order valence-electron chi connectivity index (χ4n) is 5.05. The van der Waals surface area contributed by atoms with Gasteiger partial charge in [0.2, 0.25) is 5.16 Å². The second-order valence-corrected chi connectivity index (χ2v) is 11.4. The van der Waals surface area contributed by atoms with Crippen molar-refractivity contribution in [2.24, 2.45) is 5.92 Å². The summed E-state index contributed by atoms with van der Waals surface area (Å²) in [5.74, 6) is 3.91. The van der Waals surface area contributed by atoms with Crippen LogP contribution in [0.25, 0.3) is 16.8 Å². The lowest BCUT2D eigenvalue weighted by atomic mass is 9.92. The maximum atomic E-state index is 4.87. The number of halogens is 1. The van der Waals surface area contributed by atoms with Crippen molar-refractivity contribution in [2.75, 3.05) is 29.9 Å².